The van der Waals surface area contributed by atoms with Gasteiger partial charge in [0.2, 0.25) is 0 Å². The van der Waals surface area contributed by atoms with Crippen LogP contribution in [0.25, 0.3) is 0 Å². The topological polar surface area (TPSA) is 12.0 Å². The van der Waals surface area contributed by atoms with Crippen molar-refractivity contribution >= 4 is 15.9 Å². The second-order valence-corrected chi connectivity index (χ2v) is 5.16. The molecular formula is C15H14BrF2N. The second-order valence-electron chi connectivity index (χ2n) is 4.30. The molecule has 0 saturated carbocycles. The third kappa shape index (κ3) is 3.39. The molecule has 100 valence electrons. The molecule has 1 unspecified atom stereocenters. The van der Waals surface area contributed by atoms with Crippen molar-refractivity contribution in [3.8, 4) is 0 Å². The second kappa shape index (κ2) is 6.26. The van der Waals surface area contributed by atoms with E-state index in [1.54, 1.807) is 31.3 Å². The molecule has 0 aliphatic carbocycles. The first-order chi connectivity index (χ1) is 9.11. The molecule has 0 radical (unpaired) electrons. The lowest BCUT2D eigenvalue weighted by Gasteiger charge is -2.18. The molecule has 0 aromatic heterocycles. The molecule has 0 bridgehead atoms. The van der Waals surface area contributed by atoms with Crippen molar-refractivity contribution in [2.45, 2.75) is 12.5 Å². The van der Waals surface area contributed by atoms with Crippen LogP contribution in [0.1, 0.15) is 17.2 Å². The van der Waals surface area contributed by atoms with Crippen LogP contribution in [0, 0.1) is 11.6 Å². The molecule has 1 atom stereocenters. The molecule has 0 aliphatic heterocycles. The molecule has 0 spiro atoms. The number of rotatable bonds is 4. The molecule has 0 saturated heterocycles. The Balaban J connectivity index is 2.30. The molecule has 2 aromatic rings. The van der Waals surface area contributed by atoms with E-state index >= 15 is 0 Å². The van der Waals surface area contributed by atoms with Crippen molar-refractivity contribution in [3.63, 3.8) is 0 Å². The molecule has 1 N–H and O–H groups in total. The Morgan fingerprint density at radius 2 is 1.89 bits per heavy atom. The van der Waals surface area contributed by atoms with Crippen LogP contribution < -0.4 is 5.32 Å². The van der Waals surface area contributed by atoms with E-state index in [4.69, 9.17) is 0 Å². The number of benzene rings is 2. The van der Waals surface area contributed by atoms with Crippen molar-refractivity contribution < 1.29 is 8.78 Å². The normalized spacial score (nSPS) is 12.4. The van der Waals surface area contributed by atoms with Crippen molar-refractivity contribution in [2.75, 3.05) is 7.05 Å². The van der Waals surface area contributed by atoms with Gasteiger partial charge in [-0.15, -0.1) is 0 Å². The number of halogens is 3. The first-order valence-corrected chi connectivity index (χ1v) is 6.76. The zero-order valence-electron chi connectivity index (χ0n) is 10.5. The SMILES string of the molecule is CNC(Cc1ccccc1F)c1cc(F)ccc1Br. The minimum atomic E-state index is -0.299. The van der Waals surface area contributed by atoms with Gasteiger partial charge in [0.15, 0.2) is 0 Å². The first-order valence-electron chi connectivity index (χ1n) is 5.97. The summed E-state index contributed by atoms with van der Waals surface area (Å²) in [5, 5.41) is 3.10. The van der Waals surface area contributed by atoms with Gasteiger partial charge in [-0.25, -0.2) is 8.78 Å². The fourth-order valence-corrected chi connectivity index (χ4v) is 2.56. The van der Waals surface area contributed by atoms with Crippen molar-refractivity contribution in [1.82, 2.24) is 5.32 Å². The summed E-state index contributed by atoms with van der Waals surface area (Å²) in [5.74, 6) is -0.540. The number of nitrogens with one attached hydrogen (secondary N) is 1. The third-order valence-corrected chi connectivity index (χ3v) is 3.79. The highest BCUT2D eigenvalue weighted by atomic mass is 79.9. The molecule has 0 heterocycles. The standard InChI is InChI=1S/C15H14BrF2N/c1-19-15(8-10-4-2-3-5-14(10)18)12-9-11(17)6-7-13(12)16/h2-7,9,15,19H,8H2,1H3. The van der Waals surface area contributed by atoms with Gasteiger partial charge in [-0.1, -0.05) is 34.1 Å². The quantitative estimate of drug-likeness (QED) is 0.887. The van der Waals surface area contributed by atoms with Crippen LogP contribution in [0.2, 0.25) is 0 Å². The van der Waals surface area contributed by atoms with E-state index in [0.717, 1.165) is 10.0 Å². The Bertz CT molecular complexity index is 572. The van der Waals surface area contributed by atoms with Crippen molar-refractivity contribution in [2.24, 2.45) is 0 Å². The Morgan fingerprint density at radius 3 is 2.58 bits per heavy atom. The van der Waals surface area contributed by atoms with E-state index in [-0.39, 0.29) is 17.7 Å². The number of likely N-dealkylation sites (N-methyl/N-ethyl adjacent to an activating group) is 1. The smallest absolute Gasteiger partial charge is 0.126 e. The summed E-state index contributed by atoms with van der Waals surface area (Å²) < 4.78 is 27.8. The Hall–Kier alpha value is -1.26. The van der Waals surface area contributed by atoms with Gasteiger partial charge in [0.1, 0.15) is 11.6 Å². The van der Waals surface area contributed by atoms with E-state index in [2.05, 4.69) is 21.2 Å². The third-order valence-electron chi connectivity index (χ3n) is 3.06. The highest BCUT2D eigenvalue weighted by molar-refractivity contribution is 9.10. The molecule has 0 amide bonds. The van der Waals surface area contributed by atoms with Gasteiger partial charge >= 0.3 is 0 Å². The lowest BCUT2D eigenvalue weighted by atomic mass is 9.98. The highest BCUT2D eigenvalue weighted by Gasteiger charge is 2.15. The monoisotopic (exact) mass is 325 g/mol. The van der Waals surface area contributed by atoms with Crippen LogP contribution in [0.15, 0.2) is 46.9 Å². The molecule has 0 aliphatic rings. The van der Waals surface area contributed by atoms with Gasteiger partial charge in [-0.2, -0.15) is 0 Å². The first kappa shape index (κ1) is 14.2. The van der Waals surface area contributed by atoms with E-state index in [0.29, 0.717) is 12.0 Å². The fourth-order valence-electron chi connectivity index (χ4n) is 2.03. The maximum Gasteiger partial charge on any atom is 0.126 e. The van der Waals surface area contributed by atoms with Crippen LogP contribution in [0.4, 0.5) is 8.78 Å². The van der Waals surface area contributed by atoms with Gasteiger partial charge in [0, 0.05) is 10.5 Å². The van der Waals surface area contributed by atoms with E-state index in [1.807, 2.05) is 0 Å². The molecule has 2 rings (SSSR count). The predicted molar refractivity (Wildman–Crippen MR) is 76.0 cm³/mol. The van der Waals surface area contributed by atoms with Crippen LogP contribution in [0.5, 0.6) is 0 Å². The maximum absolute atomic E-state index is 13.7. The van der Waals surface area contributed by atoms with Gasteiger partial charge in [-0.3, -0.25) is 0 Å². The summed E-state index contributed by atoms with van der Waals surface area (Å²) in [4.78, 5) is 0. The van der Waals surface area contributed by atoms with Crippen molar-refractivity contribution in [1.29, 1.82) is 0 Å². The molecule has 19 heavy (non-hydrogen) atoms. The van der Waals surface area contributed by atoms with E-state index in [1.165, 1.54) is 18.2 Å². The summed E-state index contributed by atoms with van der Waals surface area (Å²) in [6, 6.07) is 11.0. The average Bonchev–Trinajstić information content (AvgIpc) is 2.41. The zero-order valence-corrected chi connectivity index (χ0v) is 12.0. The molecule has 0 fully saturated rings. The van der Waals surface area contributed by atoms with Crippen LogP contribution in [-0.2, 0) is 6.42 Å². The van der Waals surface area contributed by atoms with E-state index in [9.17, 15) is 8.78 Å². The molecular weight excluding hydrogens is 312 g/mol. The Morgan fingerprint density at radius 1 is 1.16 bits per heavy atom. The number of hydrogen-bond acceptors (Lipinski definition) is 1. The van der Waals surface area contributed by atoms with Crippen molar-refractivity contribution in [3.05, 3.63) is 69.7 Å². The van der Waals surface area contributed by atoms with E-state index < -0.39 is 0 Å². The maximum atomic E-state index is 13.7. The lowest BCUT2D eigenvalue weighted by Crippen LogP contribution is -2.20. The minimum absolute atomic E-state index is 0.151. The highest BCUT2D eigenvalue weighted by Crippen LogP contribution is 2.27. The van der Waals surface area contributed by atoms with Crippen LogP contribution >= 0.6 is 15.9 Å². The van der Waals surface area contributed by atoms with Gasteiger partial charge in [0.05, 0.1) is 0 Å². The number of hydrogen-bond donors (Lipinski definition) is 1. The fraction of sp³-hybridized carbons (Fsp3) is 0.200. The lowest BCUT2D eigenvalue weighted by molar-refractivity contribution is 0.547. The average molecular weight is 326 g/mol. The molecule has 2 aromatic carbocycles. The minimum Gasteiger partial charge on any atom is -0.313 e. The predicted octanol–water partition coefficient (Wildman–Crippen LogP) is 4.23. The van der Waals surface area contributed by atoms with Gasteiger partial charge < -0.3 is 5.32 Å². The largest absolute Gasteiger partial charge is 0.313 e. The summed E-state index contributed by atoms with van der Waals surface area (Å²) in [5.41, 5.74) is 1.39. The summed E-state index contributed by atoms with van der Waals surface area (Å²) >= 11 is 3.40. The van der Waals surface area contributed by atoms with Crippen LogP contribution in [-0.4, -0.2) is 7.05 Å². The summed E-state index contributed by atoms with van der Waals surface area (Å²) in [6.07, 6.45) is 0.464. The zero-order chi connectivity index (χ0) is 13.8. The van der Waals surface area contributed by atoms with Crippen LogP contribution in [0.3, 0.4) is 0 Å². The molecule has 4 heteroatoms. The Labute approximate surface area is 119 Å². The summed E-state index contributed by atoms with van der Waals surface area (Å²) in [6.45, 7) is 0. The summed E-state index contributed by atoms with van der Waals surface area (Å²) in [7, 11) is 1.78. The van der Waals surface area contributed by atoms with Gasteiger partial charge in [0.25, 0.3) is 0 Å². The van der Waals surface area contributed by atoms with Gasteiger partial charge in [-0.05, 0) is 48.9 Å². The molecule has 1 nitrogen and oxygen atoms in total. The Kier molecular flexibility index (Phi) is 4.66.